The number of alkyl halides is 2. The summed E-state index contributed by atoms with van der Waals surface area (Å²) in [6, 6.07) is 10.2. The molecule has 0 aliphatic heterocycles. The first-order valence-corrected chi connectivity index (χ1v) is 5.37. The number of para-hydroxylation sites is 1. The topological polar surface area (TPSA) is 3.24 Å². The Hall–Kier alpha value is -0.400. The standard InChI is InChI=1S/C10H13Cl2N/c11-6-8-13(9-7-12)10-4-2-1-3-5-10/h1-5H,6-9H2. The van der Waals surface area contributed by atoms with Crippen molar-refractivity contribution in [1.82, 2.24) is 0 Å². The van der Waals surface area contributed by atoms with E-state index in [1.54, 1.807) is 0 Å². The third-order valence-corrected chi connectivity index (χ3v) is 2.17. The lowest BCUT2D eigenvalue weighted by Gasteiger charge is -2.22. The molecule has 13 heavy (non-hydrogen) atoms. The molecule has 0 heterocycles. The zero-order chi connectivity index (χ0) is 9.52. The van der Waals surface area contributed by atoms with E-state index in [1.165, 1.54) is 5.69 Å². The fourth-order valence-corrected chi connectivity index (χ4v) is 1.62. The van der Waals surface area contributed by atoms with Gasteiger partial charge < -0.3 is 4.90 Å². The lowest BCUT2D eigenvalue weighted by molar-refractivity contribution is 0.874. The molecule has 0 aliphatic carbocycles. The van der Waals surface area contributed by atoms with Crippen molar-refractivity contribution in [3.8, 4) is 0 Å². The van der Waals surface area contributed by atoms with Gasteiger partial charge in [0.05, 0.1) is 0 Å². The SMILES string of the molecule is ClCCN(CCCl)c1ccccc1. The molecule has 1 aromatic carbocycles. The van der Waals surface area contributed by atoms with E-state index in [-0.39, 0.29) is 0 Å². The van der Waals surface area contributed by atoms with Gasteiger partial charge in [-0.15, -0.1) is 23.2 Å². The second-order valence-electron chi connectivity index (χ2n) is 2.70. The summed E-state index contributed by atoms with van der Waals surface area (Å²) in [6.07, 6.45) is 0. The molecule has 0 saturated heterocycles. The summed E-state index contributed by atoms with van der Waals surface area (Å²) < 4.78 is 0. The lowest BCUT2D eigenvalue weighted by Crippen LogP contribution is -2.27. The van der Waals surface area contributed by atoms with Crippen LogP contribution >= 0.6 is 23.2 Å². The Labute approximate surface area is 89.3 Å². The smallest absolute Gasteiger partial charge is 0.0399 e. The number of anilines is 1. The van der Waals surface area contributed by atoms with Crippen LogP contribution < -0.4 is 4.90 Å². The van der Waals surface area contributed by atoms with Crippen molar-refractivity contribution >= 4 is 28.9 Å². The van der Waals surface area contributed by atoms with Crippen LogP contribution in [0, 0.1) is 0 Å². The molecule has 0 radical (unpaired) electrons. The van der Waals surface area contributed by atoms with E-state index >= 15 is 0 Å². The lowest BCUT2D eigenvalue weighted by atomic mass is 10.3. The van der Waals surface area contributed by atoms with Gasteiger partial charge in [-0.05, 0) is 12.1 Å². The number of hydrogen-bond acceptors (Lipinski definition) is 1. The molecule has 0 fully saturated rings. The first-order valence-electron chi connectivity index (χ1n) is 4.30. The zero-order valence-corrected chi connectivity index (χ0v) is 8.93. The Morgan fingerprint density at radius 2 is 1.46 bits per heavy atom. The molecule has 0 unspecified atom stereocenters. The predicted octanol–water partition coefficient (Wildman–Crippen LogP) is 2.97. The summed E-state index contributed by atoms with van der Waals surface area (Å²) in [5.41, 5.74) is 1.18. The van der Waals surface area contributed by atoms with E-state index in [0.717, 1.165) is 13.1 Å². The van der Waals surface area contributed by atoms with Gasteiger partial charge in [-0.1, -0.05) is 18.2 Å². The van der Waals surface area contributed by atoms with E-state index in [9.17, 15) is 0 Å². The molecule has 0 aromatic heterocycles. The molecule has 0 aliphatic rings. The Morgan fingerprint density at radius 1 is 0.923 bits per heavy atom. The van der Waals surface area contributed by atoms with Crippen LogP contribution in [0.1, 0.15) is 0 Å². The summed E-state index contributed by atoms with van der Waals surface area (Å²) in [7, 11) is 0. The third kappa shape index (κ3) is 3.45. The van der Waals surface area contributed by atoms with Crippen molar-refractivity contribution in [2.75, 3.05) is 29.7 Å². The first-order chi connectivity index (χ1) is 6.38. The van der Waals surface area contributed by atoms with Crippen LogP contribution in [0.25, 0.3) is 0 Å². The maximum absolute atomic E-state index is 5.70. The molecule has 0 saturated carbocycles. The molecule has 1 aromatic rings. The van der Waals surface area contributed by atoms with Crippen LogP contribution in [0.15, 0.2) is 30.3 Å². The van der Waals surface area contributed by atoms with Gasteiger partial charge in [0, 0.05) is 30.5 Å². The van der Waals surface area contributed by atoms with Gasteiger partial charge in [-0.2, -0.15) is 0 Å². The average molecular weight is 218 g/mol. The maximum atomic E-state index is 5.70. The fraction of sp³-hybridized carbons (Fsp3) is 0.400. The molecule has 0 amide bonds. The first kappa shape index (κ1) is 10.7. The number of halogens is 2. The van der Waals surface area contributed by atoms with Crippen molar-refractivity contribution in [2.24, 2.45) is 0 Å². The summed E-state index contributed by atoms with van der Waals surface area (Å²) in [4.78, 5) is 2.18. The van der Waals surface area contributed by atoms with Gasteiger partial charge in [0.2, 0.25) is 0 Å². The Balaban J connectivity index is 2.64. The second kappa shape index (κ2) is 6.11. The normalized spacial score (nSPS) is 10.0. The molecule has 0 bridgehead atoms. The fourth-order valence-electron chi connectivity index (χ4n) is 1.21. The molecule has 0 atom stereocenters. The van der Waals surface area contributed by atoms with E-state index in [2.05, 4.69) is 17.0 Å². The third-order valence-electron chi connectivity index (χ3n) is 1.83. The summed E-state index contributed by atoms with van der Waals surface area (Å²) in [5, 5.41) is 0. The number of benzene rings is 1. The van der Waals surface area contributed by atoms with Crippen LogP contribution in [-0.2, 0) is 0 Å². The molecule has 72 valence electrons. The molecule has 1 rings (SSSR count). The minimum Gasteiger partial charge on any atom is -0.369 e. The Bertz CT molecular complexity index is 220. The summed E-state index contributed by atoms with van der Waals surface area (Å²) >= 11 is 11.4. The van der Waals surface area contributed by atoms with Crippen LogP contribution in [0.4, 0.5) is 5.69 Å². The molecule has 3 heteroatoms. The highest BCUT2D eigenvalue weighted by atomic mass is 35.5. The van der Waals surface area contributed by atoms with Crippen LogP contribution in [0.5, 0.6) is 0 Å². The van der Waals surface area contributed by atoms with Crippen LogP contribution in [0.2, 0.25) is 0 Å². The Kier molecular flexibility index (Phi) is 5.02. The highest BCUT2D eigenvalue weighted by molar-refractivity contribution is 6.18. The summed E-state index contributed by atoms with van der Waals surface area (Å²) in [6.45, 7) is 1.69. The van der Waals surface area contributed by atoms with Crippen LogP contribution in [-0.4, -0.2) is 24.8 Å². The van der Waals surface area contributed by atoms with Crippen molar-refractivity contribution in [3.63, 3.8) is 0 Å². The average Bonchev–Trinajstić information content (AvgIpc) is 2.19. The van der Waals surface area contributed by atoms with Crippen molar-refractivity contribution in [2.45, 2.75) is 0 Å². The predicted molar refractivity (Wildman–Crippen MR) is 60.1 cm³/mol. The number of rotatable bonds is 5. The zero-order valence-electron chi connectivity index (χ0n) is 7.42. The maximum Gasteiger partial charge on any atom is 0.0399 e. The van der Waals surface area contributed by atoms with Gasteiger partial charge in [-0.25, -0.2) is 0 Å². The second-order valence-corrected chi connectivity index (χ2v) is 3.46. The largest absolute Gasteiger partial charge is 0.369 e. The van der Waals surface area contributed by atoms with Gasteiger partial charge in [0.1, 0.15) is 0 Å². The molecular formula is C10H13Cl2N. The van der Waals surface area contributed by atoms with Gasteiger partial charge in [0.25, 0.3) is 0 Å². The number of nitrogens with zero attached hydrogens (tertiary/aromatic N) is 1. The van der Waals surface area contributed by atoms with E-state index in [4.69, 9.17) is 23.2 Å². The van der Waals surface area contributed by atoms with Gasteiger partial charge in [0.15, 0.2) is 0 Å². The van der Waals surface area contributed by atoms with Crippen molar-refractivity contribution in [1.29, 1.82) is 0 Å². The minimum absolute atomic E-state index is 0.631. The molecular weight excluding hydrogens is 205 g/mol. The van der Waals surface area contributed by atoms with Gasteiger partial charge in [-0.3, -0.25) is 0 Å². The van der Waals surface area contributed by atoms with Crippen LogP contribution in [0.3, 0.4) is 0 Å². The summed E-state index contributed by atoms with van der Waals surface area (Å²) in [5.74, 6) is 1.26. The van der Waals surface area contributed by atoms with Crippen molar-refractivity contribution in [3.05, 3.63) is 30.3 Å². The van der Waals surface area contributed by atoms with E-state index in [1.807, 2.05) is 18.2 Å². The van der Waals surface area contributed by atoms with E-state index in [0.29, 0.717) is 11.8 Å². The van der Waals surface area contributed by atoms with Gasteiger partial charge >= 0.3 is 0 Å². The highest BCUT2D eigenvalue weighted by Crippen LogP contribution is 2.12. The number of hydrogen-bond donors (Lipinski definition) is 0. The molecule has 1 nitrogen and oxygen atoms in total. The molecule has 0 spiro atoms. The quantitative estimate of drug-likeness (QED) is 0.686. The van der Waals surface area contributed by atoms with E-state index < -0.39 is 0 Å². The Morgan fingerprint density at radius 3 is 1.92 bits per heavy atom. The molecule has 0 N–H and O–H groups in total. The highest BCUT2D eigenvalue weighted by Gasteiger charge is 2.02. The monoisotopic (exact) mass is 217 g/mol. The van der Waals surface area contributed by atoms with Crippen molar-refractivity contribution < 1.29 is 0 Å². The minimum atomic E-state index is 0.631.